The summed E-state index contributed by atoms with van der Waals surface area (Å²) < 4.78 is 2.38. The fourth-order valence-electron chi connectivity index (χ4n) is 2.83. The summed E-state index contributed by atoms with van der Waals surface area (Å²) in [7, 11) is 0. The van der Waals surface area contributed by atoms with Crippen molar-refractivity contribution < 1.29 is 0 Å². The molecule has 3 nitrogen and oxygen atoms in total. The zero-order valence-corrected chi connectivity index (χ0v) is 12.8. The average Bonchev–Trinajstić information content (AvgIpc) is 2.78. The zero-order valence-electron chi connectivity index (χ0n) is 12.8. The van der Waals surface area contributed by atoms with Gasteiger partial charge in [0.2, 0.25) is 0 Å². The Hall–Kier alpha value is -1.35. The van der Waals surface area contributed by atoms with Crippen molar-refractivity contribution in [3.63, 3.8) is 0 Å². The van der Waals surface area contributed by atoms with Crippen molar-refractivity contribution in [3.8, 4) is 0 Å². The summed E-state index contributed by atoms with van der Waals surface area (Å²) in [5, 5.41) is 0. The van der Waals surface area contributed by atoms with E-state index in [2.05, 4.69) is 42.7 Å². The predicted octanol–water partition coefficient (Wildman–Crippen LogP) is 3.90. The third-order valence-electron chi connectivity index (χ3n) is 3.82. The van der Waals surface area contributed by atoms with E-state index in [1.165, 1.54) is 17.8 Å². The fraction of sp³-hybridized carbons (Fsp3) is 0.588. The van der Waals surface area contributed by atoms with Gasteiger partial charge in [-0.05, 0) is 37.8 Å². The second-order valence-electron chi connectivity index (χ2n) is 5.61. The van der Waals surface area contributed by atoms with Gasteiger partial charge in [-0.3, -0.25) is 0 Å². The van der Waals surface area contributed by atoms with Crippen LogP contribution in [0, 0.1) is 0 Å². The van der Waals surface area contributed by atoms with Gasteiger partial charge in [0.05, 0.1) is 11.0 Å². The molecule has 20 heavy (non-hydrogen) atoms. The molecular weight excluding hydrogens is 246 g/mol. The minimum atomic E-state index is 0.351. The lowest BCUT2D eigenvalue weighted by Crippen LogP contribution is -2.19. The third-order valence-corrected chi connectivity index (χ3v) is 3.82. The maximum atomic E-state index is 6.09. The lowest BCUT2D eigenvalue weighted by molar-refractivity contribution is 0.528. The second-order valence-corrected chi connectivity index (χ2v) is 5.61. The summed E-state index contributed by atoms with van der Waals surface area (Å²) in [6.45, 7) is 5.47. The van der Waals surface area contributed by atoms with E-state index < -0.39 is 0 Å². The molecule has 0 spiro atoms. The number of nitrogens with zero attached hydrogens (tertiary/aromatic N) is 2. The summed E-state index contributed by atoms with van der Waals surface area (Å²) >= 11 is 0. The minimum absolute atomic E-state index is 0.351. The Bertz CT molecular complexity index is 530. The molecule has 2 rings (SSSR count). The SMILES string of the molecule is CCCC(N)CCCc1nc2ccccc2n1CCC. The number of imidazole rings is 1. The molecule has 0 radical (unpaired) electrons. The molecule has 0 aliphatic rings. The van der Waals surface area contributed by atoms with Crippen LogP contribution in [0.4, 0.5) is 0 Å². The number of para-hydroxylation sites is 2. The van der Waals surface area contributed by atoms with Gasteiger partial charge in [-0.15, -0.1) is 0 Å². The molecule has 0 aliphatic heterocycles. The Morgan fingerprint density at radius 3 is 2.70 bits per heavy atom. The molecule has 2 aromatic rings. The number of aryl methyl sites for hydroxylation is 2. The molecule has 1 heterocycles. The standard InChI is InChI=1S/C17H27N3/c1-3-8-14(18)9-7-12-17-19-15-10-5-6-11-16(15)20(17)13-4-2/h5-6,10-11,14H,3-4,7-9,12-13,18H2,1-2H3. The van der Waals surface area contributed by atoms with Crippen LogP contribution >= 0.6 is 0 Å². The maximum Gasteiger partial charge on any atom is 0.109 e. The van der Waals surface area contributed by atoms with Crippen LogP contribution in [0.2, 0.25) is 0 Å². The lowest BCUT2D eigenvalue weighted by Gasteiger charge is -2.11. The van der Waals surface area contributed by atoms with E-state index in [-0.39, 0.29) is 0 Å². The molecule has 1 unspecified atom stereocenters. The van der Waals surface area contributed by atoms with E-state index in [1.807, 2.05) is 0 Å². The molecule has 0 amide bonds. The van der Waals surface area contributed by atoms with Gasteiger partial charge in [-0.25, -0.2) is 4.98 Å². The minimum Gasteiger partial charge on any atom is -0.328 e. The van der Waals surface area contributed by atoms with E-state index in [0.717, 1.165) is 44.2 Å². The van der Waals surface area contributed by atoms with Crippen molar-refractivity contribution >= 4 is 11.0 Å². The normalized spacial score (nSPS) is 12.9. The van der Waals surface area contributed by atoms with E-state index in [1.54, 1.807) is 0 Å². The van der Waals surface area contributed by atoms with Gasteiger partial charge in [0.15, 0.2) is 0 Å². The van der Waals surface area contributed by atoms with Gasteiger partial charge in [-0.2, -0.15) is 0 Å². The topological polar surface area (TPSA) is 43.8 Å². The molecule has 0 saturated heterocycles. The van der Waals surface area contributed by atoms with Crippen LogP contribution in [0.3, 0.4) is 0 Å². The first-order valence-corrected chi connectivity index (χ1v) is 7.96. The van der Waals surface area contributed by atoms with E-state index in [4.69, 9.17) is 10.7 Å². The lowest BCUT2D eigenvalue weighted by atomic mass is 10.1. The van der Waals surface area contributed by atoms with Gasteiger partial charge in [0, 0.05) is 19.0 Å². The van der Waals surface area contributed by atoms with Crippen LogP contribution in [0.1, 0.15) is 51.8 Å². The largest absolute Gasteiger partial charge is 0.328 e. The number of benzene rings is 1. The first-order valence-electron chi connectivity index (χ1n) is 7.96. The van der Waals surface area contributed by atoms with Crippen LogP contribution in [0.5, 0.6) is 0 Å². The highest BCUT2D eigenvalue weighted by atomic mass is 15.1. The quantitative estimate of drug-likeness (QED) is 0.792. The van der Waals surface area contributed by atoms with Crippen molar-refractivity contribution in [3.05, 3.63) is 30.1 Å². The second kappa shape index (κ2) is 7.44. The maximum absolute atomic E-state index is 6.09. The predicted molar refractivity (Wildman–Crippen MR) is 85.8 cm³/mol. The molecule has 0 aliphatic carbocycles. The summed E-state index contributed by atoms with van der Waals surface area (Å²) in [6, 6.07) is 8.78. The molecule has 3 heteroatoms. The molecule has 2 N–H and O–H groups in total. The number of aromatic nitrogens is 2. The van der Waals surface area contributed by atoms with Crippen LogP contribution in [-0.2, 0) is 13.0 Å². The number of nitrogens with two attached hydrogens (primary N) is 1. The first-order chi connectivity index (χ1) is 9.76. The summed E-state index contributed by atoms with van der Waals surface area (Å²) in [4.78, 5) is 4.80. The smallest absolute Gasteiger partial charge is 0.109 e. The van der Waals surface area contributed by atoms with Crippen molar-refractivity contribution in [1.82, 2.24) is 9.55 Å². The summed E-state index contributed by atoms with van der Waals surface area (Å²) in [5.41, 5.74) is 8.48. The Morgan fingerprint density at radius 1 is 1.15 bits per heavy atom. The van der Waals surface area contributed by atoms with E-state index in [0.29, 0.717) is 6.04 Å². The van der Waals surface area contributed by atoms with Crippen molar-refractivity contribution in [2.75, 3.05) is 0 Å². The highest BCUT2D eigenvalue weighted by Gasteiger charge is 2.10. The third kappa shape index (κ3) is 3.60. The fourth-order valence-corrected chi connectivity index (χ4v) is 2.83. The number of hydrogen-bond acceptors (Lipinski definition) is 2. The number of hydrogen-bond donors (Lipinski definition) is 1. The van der Waals surface area contributed by atoms with Gasteiger partial charge in [0.25, 0.3) is 0 Å². The van der Waals surface area contributed by atoms with Gasteiger partial charge in [-0.1, -0.05) is 32.4 Å². The van der Waals surface area contributed by atoms with Gasteiger partial charge < -0.3 is 10.3 Å². The molecular formula is C17H27N3. The zero-order chi connectivity index (χ0) is 14.4. The Morgan fingerprint density at radius 2 is 1.95 bits per heavy atom. The van der Waals surface area contributed by atoms with Gasteiger partial charge in [0.1, 0.15) is 5.82 Å². The molecule has 0 fully saturated rings. The molecule has 1 aromatic carbocycles. The van der Waals surface area contributed by atoms with E-state index >= 15 is 0 Å². The summed E-state index contributed by atoms with van der Waals surface area (Å²) in [6.07, 6.45) is 6.72. The van der Waals surface area contributed by atoms with E-state index in [9.17, 15) is 0 Å². The van der Waals surface area contributed by atoms with Crippen molar-refractivity contribution in [2.45, 2.75) is 65.0 Å². The van der Waals surface area contributed by atoms with Gasteiger partial charge >= 0.3 is 0 Å². The first kappa shape index (κ1) is 15.0. The Balaban J connectivity index is 2.06. The van der Waals surface area contributed by atoms with Crippen LogP contribution in [-0.4, -0.2) is 15.6 Å². The Labute approximate surface area is 122 Å². The van der Waals surface area contributed by atoms with Crippen LogP contribution in [0.25, 0.3) is 11.0 Å². The highest BCUT2D eigenvalue weighted by Crippen LogP contribution is 2.18. The molecule has 0 saturated carbocycles. The molecule has 1 aromatic heterocycles. The average molecular weight is 273 g/mol. The number of rotatable bonds is 8. The number of fused-ring (bicyclic) bond motifs is 1. The molecule has 0 bridgehead atoms. The molecule has 1 atom stereocenters. The molecule has 110 valence electrons. The monoisotopic (exact) mass is 273 g/mol. The van der Waals surface area contributed by atoms with Crippen LogP contribution < -0.4 is 5.73 Å². The van der Waals surface area contributed by atoms with Crippen LogP contribution in [0.15, 0.2) is 24.3 Å². The highest BCUT2D eigenvalue weighted by molar-refractivity contribution is 5.75. The Kier molecular flexibility index (Phi) is 5.60. The van der Waals surface area contributed by atoms with Crippen molar-refractivity contribution in [2.24, 2.45) is 5.73 Å². The summed E-state index contributed by atoms with van der Waals surface area (Å²) in [5.74, 6) is 1.22. The van der Waals surface area contributed by atoms with Crippen molar-refractivity contribution in [1.29, 1.82) is 0 Å².